The Kier molecular flexibility index (Phi) is 6.25. The van der Waals surface area contributed by atoms with Gasteiger partial charge in [-0.2, -0.15) is 0 Å². The maximum atomic E-state index is 13.4. The highest BCUT2D eigenvalue weighted by Crippen LogP contribution is 2.26. The number of rotatable bonds is 6. The molecular weight excluding hydrogens is 426 g/mol. The van der Waals surface area contributed by atoms with Crippen LogP contribution in [0.25, 0.3) is 15.9 Å². The van der Waals surface area contributed by atoms with Crippen LogP contribution in [0.4, 0.5) is 5.69 Å². The molecule has 2 heterocycles. The smallest absolute Gasteiger partial charge is 0.276 e. The van der Waals surface area contributed by atoms with Crippen molar-refractivity contribution in [1.29, 1.82) is 0 Å². The van der Waals surface area contributed by atoms with Crippen molar-refractivity contribution < 1.29 is 4.79 Å². The molecule has 4 aromatic rings. The zero-order valence-electron chi connectivity index (χ0n) is 17.7. The van der Waals surface area contributed by atoms with Crippen LogP contribution in [0.1, 0.15) is 18.1 Å². The third-order valence-corrected chi connectivity index (χ3v) is 6.88. The molecule has 0 N–H and O–H groups in total. The van der Waals surface area contributed by atoms with E-state index in [2.05, 4.69) is 0 Å². The summed E-state index contributed by atoms with van der Waals surface area (Å²) in [6.45, 7) is 6.51. The van der Waals surface area contributed by atoms with Crippen molar-refractivity contribution in [3.8, 4) is 5.69 Å². The summed E-state index contributed by atoms with van der Waals surface area (Å²) in [5.74, 6) is 0.168. The molecule has 158 valence electrons. The average molecular weight is 450 g/mol. The van der Waals surface area contributed by atoms with Crippen LogP contribution in [0, 0.1) is 13.8 Å². The summed E-state index contributed by atoms with van der Waals surface area (Å²) in [5, 5.41) is 2.41. The molecule has 0 bridgehead atoms. The largest absolute Gasteiger partial charge is 0.312 e. The Balaban J connectivity index is 1.73. The lowest BCUT2D eigenvalue weighted by molar-refractivity contribution is -0.116. The summed E-state index contributed by atoms with van der Waals surface area (Å²) in [7, 11) is 0. The molecule has 1 amide bonds. The van der Waals surface area contributed by atoms with Gasteiger partial charge in [-0.05, 0) is 61.5 Å². The van der Waals surface area contributed by atoms with Gasteiger partial charge in [-0.1, -0.05) is 42.1 Å². The lowest BCUT2D eigenvalue weighted by Gasteiger charge is -2.21. The summed E-state index contributed by atoms with van der Waals surface area (Å²) in [4.78, 5) is 32.8. The second-order valence-corrected chi connectivity index (χ2v) is 9.08. The van der Waals surface area contributed by atoms with Crippen molar-refractivity contribution in [3.05, 3.63) is 81.5 Å². The van der Waals surface area contributed by atoms with Crippen LogP contribution in [0.5, 0.6) is 0 Å². The fourth-order valence-corrected chi connectivity index (χ4v) is 5.12. The quantitative estimate of drug-likeness (QED) is 0.300. The SMILES string of the molecule is CCN(C(=O)CSc1nc2ccsc2c(=O)n1-c1cc(C)ccc1C)c1ccccc1. The molecule has 0 aliphatic rings. The van der Waals surface area contributed by atoms with Gasteiger partial charge in [0.15, 0.2) is 5.16 Å². The van der Waals surface area contributed by atoms with Gasteiger partial charge in [0.2, 0.25) is 5.91 Å². The molecule has 0 saturated carbocycles. The fourth-order valence-electron chi connectivity index (χ4n) is 3.48. The highest BCUT2D eigenvalue weighted by Gasteiger charge is 2.19. The second-order valence-electron chi connectivity index (χ2n) is 7.22. The van der Waals surface area contributed by atoms with Crippen LogP contribution in [-0.4, -0.2) is 27.8 Å². The summed E-state index contributed by atoms with van der Waals surface area (Å²) >= 11 is 2.69. The van der Waals surface area contributed by atoms with E-state index in [9.17, 15) is 9.59 Å². The Bertz CT molecular complexity index is 1300. The lowest BCUT2D eigenvalue weighted by atomic mass is 10.1. The minimum atomic E-state index is -0.0981. The summed E-state index contributed by atoms with van der Waals surface area (Å²) in [6.07, 6.45) is 0. The molecule has 7 heteroatoms. The van der Waals surface area contributed by atoms with Crippen molar-refractivity contribution in [3.63, 3.8) is 0 Å². The van der Waals surface area contributed by atoms with Gasteiger partial charge in [0.25, 0.3) is 5.56 Å². The number of aryl methyl sites for hydroxylation is 2. The third-order valence-electron chi connectivity index (χ3n) is 5.06. The molecule has 2 aromatic carbocycles. The minimum absolute atomic E-state index is 0.0223. The molecule has 0 spiro atoms. The first-order valence-corrected chi connectivity index (χ1v) is 11.9. The van der Waals surface area contributed by atoms with Crippen molar-refractivity contribution in [2.24, 2.45) is 0 Å². The van der Waals surface area contributed by atoms with Crippen LogP contribution in [0.3, 0.4) is 0 Å². The Hall–Kier alpha value is -2.90. The van der Waals surface area contributed by atoms with Gasteiger partial charge in [0, 0.05) is 12.2 Å². The predicted octanol–water partition coefficient (Wildman–Crippen LogP) is 5.21. The number of thiophene rings is 1. The first-order chi connectivity index (χ1) is 15.0. The van der Waals surface area contributed by atoms with E-state index in [0.29, 0.717) is 21.9 Å². The number of anilines is 1. The van der Waals surface area contributed by atoms with E-state index in [4.69, 9.17) is 4.98 Å². The van der Waals surface area contributed by atoms with Gasteiger partial charge in [0.05, 0.1) is 17.0 Å². The van der Waals surface area contributed by atoms with Crippen LogP contribution in [-0.2, 0) is 4.79 Å². The van der Waals surface area contributed by atoms with E-state index in [1.807, 2.05) is 80.7 Å². The Labute approximate surface area is 189 Å². The van der Waals surface area contributed by atoms with Gasteiger partial charge in [-0.15, -0.1) is 11.3 Å². The summed E-state index contributed by atoms with van der Waals surface area (Å²) in [6, 6.07) is 17.5. The maximum Gasteiger partial charge on any atom is 0.276 e. The zero-order chi connectivity index (χ0) is 22.0. The van der Waals surface area contributed by atoms with Crippen LogP contribution < -0.4 is 10.5 Å². The number of carbonyl (C=O) groups excluding carboxylic acids is 1. The number of hydrogen-bond donors (Lipinski definition) is 0. The average Bonchev–Trinajstić information content (AvgIpc) is 3.25. The monoisotopic (exact) mass is 449 g/mol. The molecule has 0 aliphatic heterocycles. The number of aromatic nitrogens is 2. The highest BCUT2D eigenvalue weighted by molar-refractivity contribution is 7.99. The molecule has 0 saturated heterocycles. The number of amides is 1. The van der Waals surface area contributed by atoms with E-state index in [1.165, 1.54) is 23.1 Å². The Morgan fingerprint density at radius 3 is 2.65 bits per heavy atom. The molecule has 0 radical (unpaired) electrons. The van der Waals surface area contributed by atoms with Crippen LogP contribution >= 0.6 is 23.1 Å². The van der Waals surface area contributed by atoms with Gasteiger partial charge >= 0.3 is 0 Å². The van der Waals surface area contributed by atoms with Crippen molar-refractivity contribution >= 4 is 44.9 Å². The van der Waals surface area contributed by atoms with E-state index in [1.54, 1.807) is 9.47 Å². The number of thioether (sulfide) groups is 1. The molecule has 31 heavy (non-hydrogen) atoms. The van der Waals surface area contributed by atoms with Gasteiger partial charge in [-0.3, -0.25) is 14.2 Å². The lowest BCUT2D eigenvalue weighted by Crippen LogP contribution is -2.32. The van der Waals surface area contributed by atoms with Crippen molar-refractivity contribution in [1.82, 2.24) is 9.55 Å². The second kappa shape index (κ2) is 9.08. The number of nitrogens with zero attached hydrogens (tertiary/aromatic N) is 3. The van der Waals surface area contributed by atoms with Gasteiger partial charge in [0.1, 0.15) is 4.70 Å². The van der Waals surface area contributed by atoms with Gasteiger partial charge in [-0.25, -0.2) is 4.98 Å². The maximum absolute atomic E-state index is 13.4. The molecule has 2 aromatic heterocycles. The first-order valence-electron chi connectivity index (χ1n) is 10.1. The molecule has 0 atom stereocenters. The first kappa shape index (κ1) is 21.3. The highest BCUT2D eigenvalue weighted by atomic mass is 32.2. The third kappa shape index (κ3) is 4.29. The molecular formula is C24H23N3O2S2. The minimum Gasteiger partial charge on any atom is -0.312 e. The van der Waals surface area contributed by atoms with Gasteiger partial charge < -0.3 is 4.90 Å². The molecule has 5 nitrogen and oxygen atoms in total. The van der Waals surface area contributed by atoms with E-state index >= 15 is 0 Å². The standard InChI is InChI=1S/C24H23N3O2S2/c1-4-26(18-8-6-5-7-9-18)21(28)15-31-24-25-19-12-13-30-22(19)23(29)27(24)20-14-16(2)10-11-17(20)3/h5-14H,4,15H2,1-3H3. The topological polar surface area (TPSA) is 55.2 Å². The fraction of sp³-hybridized carbons (Fsp3) is 0.208. The molecule has 4 rings (SSSR count). The predicted molar refractivity (Wildman–Crippen MR) is 130 cm³/mol. The Morgan fingerprint density at radius 2 is 1.90 bits per heavy atom. The summed E-state index contributed by atoms with van der Waals surface area (Å²) < 4.78 is 2.27. The van der Waals surface area contributed by atoms with Crippen molar-refractivity contribution in [2.75, 3.05) is 17.2 Å². The van der Waals surface area contributed by atoms with E-state index in [0.717, 1.165) is 22.5 Å². The normalized spacial score (nSPS) is 11.1. The number of benzene rings is 2. The van der Waals surface area contributed by atoms with Crippen LogP contribution in [0.15, 0.2) is 69.9 Å². The number of para-hydroxylation sites is 1. The van der Waals surface area contributed by atoms with Crippen LogP contribution in [0.2, 0.25) is 0 Å². The molecule has 0 aliphatic carbocycles. The summed E-state index contributed by atoms with van der Waals surface area (Å²) in [5.41, 5.74) is 4.29. The number of hydrogen-bond acceptors (Lipinski definition) is 5. The zero-order valence-corrected chi connectivity index (χ0v) is 19.3. The number of carbonyl (C=O) groups is 1. The van der Waals surface area contributed by atoms with E-state index in [-0.39, 0.29) is 17.2 Å². The van der Waals surface area contributed by atoms with Crippen molar-refractivity contribution in [2.45, 2.75) is 25.9 Å². The molecule has 0 fully saturated rings. The van der Waals surface area contributed by atoms with E-state index < -0.39 is 0 Å². The number of fused-ring (bicyclic) bond motifs is 1. The molecule has 0 unspecified atom stereocenters. The Morgan fingerprint density at radius 1 is 1.13 bits per heavy atom.